The first-order valence-corrected chi connectivity index (χ1v) is 5.91. The number of ether oxygens (including phenoxy) is 2. The van der Waals surface area contributed by atoms with Crippen LogP contribution in [0.3, 0.4) is 0 Å². The maximum Gasteiger partial charge on any atom is 0.232 e. The molecule has 5 nitrogen and oxygen atoms in total. The van der Waals surface area contributed by atoms with Gasteiger partial charge in [0.15, 0.2) is 18.1 Å². The topological polar surface area (TPSA) is 54.0 Å². The summed E-state index contributed by atoms with van der Waals surface area (Å²) >= 11 is 0. The Kier molecular flexibility index (Phi) is 2.78. The highest BCUT2D eigenvalue weighted by Gasteiger charge is 2.24. The molecule has 0 aliphatic carbocycles. The van der Waals surface area contributed by atoms with Gasteiger partial charge in [-0.2, -0.15) is 0 Å². The van der Waals surface area contributed by atoms with E-state index in [4.69, 9.17) is 9.47 Å². The monoisotopic (exact) mass is 236 g/mol. The summed E-state index contributed by atoms with van der Waals surface area (Å²) < 4.78 is 10.9. The lowest BCUT2D eigenvalue weighted by Crippen LogP contribution is -2.44. The van der Waals surface area contributed by atoms with Crippen LogP contribution in [0.4, 0.5) is 5.69 Å². The third-order valence-electron chi connectivity index (χ3n) is 3.05. The normalized spacial score (nSPS) is 23.6. The smallest absolute Gasteiger partial charge is 0.232 e. The molecule has 17 heavy (non-hydrogen) atoms. The van der Waals surface area contributed by atoms with Crippen molar-refractivity contribution >= 4 is 5.69 Å². The average Bonchev–Trinajstić information content (AvgIpc) is 2.39. The molecule has 0 radical (unpaired) electrons. The van der Waals surface area contributed by atoms with E-state index in [0.717, 1.165) is 37.6 Å². The fraction of sp³-hybridized carbons (Fsp3) is 0.500. The number of aliphatic hydroxyl groups is 1. The van der Waals surface area contributed by atoms with Gasteiger partial charge in [-0.05, 0) is 12.1 Å². The predicted octanol–water partition coefficient (Wildman–Crippen LogP) is 0.186. The van der Waals surface area contributed by atoms with Gasteiger partial charge in [0.1, 0.15) is 0 Å². The van der Waals surface area contributed by atoms with Gasteiger partial charge in [0.25, 0.3) is 0 Å². The van der Waals surface area contributed by atoms with E-state index in [1.54, 1.807) is 0 Å². The quantitative estimate of drug-likeness (QED) is 0.729. The van der Waals surface area contributed by atoms with E-state index < -0.39 is 6.29 Å². The van der Waals surface area contributed by atoms with Crippen molar-refractivity contribution in [2.75, 3.05) is 37.7 Å². The number of nitrogens with zero attached hydrogens (tertiary/aromatic N) is 1. The van der Waals surface area contributed by atoms with Crippen molar-refractivity contribution in [1.29, 1.82) is 0 Å². The van der Waals surface area contributed by atoms with Crippen molar-refractivity contribution < 1.29 is 14.6 Å². The van der Waals surface area contributed by atoms with E-state index in [0.29, 0.717) is 5.75 Å². The van der Waals surface area contributed by atoms with Gasteiger partial charge >= 0.3 is 0 Å². The van der Waals surface area contributed by atoms with Crippen molar-refractivity contribution in [3.05, 3.63) is 18.2 Å². The lowest BCUT2D eigenvalue weighted by molar-refractivity contribution is -0.0667. The Hall–Kier alpha value is -1.46. The molecule has 1 atom stereocenters. The number of nitrogens with one attached hydrogen (secondary N) is 1. The largest absolute Gasteiger partial charge is 0.481 e. The van der Waals surface area contributed by atoms with E-state index in [1.807, 2.05) is 18.2 Å². The summed E-state index contributed by atoms with van der Waals surface area (Å²) in [7, 11) is 0. The van der Waals surface area contributed by atoms with Gasteiger partial charge in [-0.1, -0.05) is 6.07 Å². The Bertz CT molecular complexity index is 405. The highest BCUT2D eigenvalue weighted by atomic mass is 16.7. The van der Waals surface area contributed by atoms with Crippen molar-refractivity contribution in [1.82, 2.24) is 5.32 Å². The second kappa shape index (κ2) is 4.43. The molecule has 0 saturated carbocycles. The minimum Gasteiger partial charge on any atom is -0.481 e. The van der Waals surface area contributed by atoms with Gasteiger partial charge in [-0.3, -0.25) is 0 Å². The third kappa shape index (κ3) is 2.03. The zero-order valence-corrected chi connectivity index (χ0v) is 9.56. The number of fused-ring (bicyclic) bond motifs is 1. The Morgan fingerprint density at radius 3 is 2.94 bits per heavy atom. The minimum absolute atomic E-state index is 0.191. The highest BCUT2D eigenvalue weighted by molar-refractivity contribution is 5.65. The molecule has 1 fully saturated rings. The molecule has 2 heterocycles. The first kappa shape index (κ1) is 10.7. The zero-order valence-electron chi connectivity index (χ0n) is 9.56. The molecule has 0 amide bonds. The minimum atomic E-state index is -0.860. The van der Waals surface area contributed by atoms with Gasteiger partial charge in [0.05, 0.1) is 5.69 Å². The summed E-state index contributed by atoms with van der Waals surface area (Å²) in [4.78, 5) is 2.27. The summed E-state index contributed by atoms with van der Waals surface area (Å²) in [6.45, 7) is 4.07. The van der Waals surface area contributed by atoms with Crippen LogP contribution in [0, 0.1) is 0 Å². The number of piperazine rings is 1. The van der Waals surface area contributed by atoms with Crippen LogP contribution < -0.4 is 19.7 Å². The van der Waals surface area contributed by atoms with Crippen LogP contribution in [0.2, 0.25) is 0 Å². The van der Waals surface area contributed by atoms with E-state index in [1.165, 1.54) is 0 Å². The molecular formula is C12H16N2O3. The molecule has 1 aromatic carbocycles. The molecule has 0 bridgehead atoms. The van der Waals surface area contributed by atoms with Crippen molar-refractivity contribution in [2.24, 2.45) is 0 Å². The Morgan fingerprint density at radius 1 is 1.29 bits per heavy atom. The van der Waals surface area contributed by atoms with Crippen LogP contribution in [-0.4, -0.2) is 44.2 Å². The van der Waals surface area contributed by atoms with Crippen LogP contribution >= 0.6 is 0 Å². The van der Waals surface area contributed by atoms with E-state index in [2.05, 4.69) is 10.2 Å². The Morgan fingerprint density at radius 2 is 2.12 bits per heavy atom. The number of para-hydroxylation sites is 1. The number of hydrogen-bond acceptors (Lipinski definition) is 5. The molecule has 1 saturated heterocycles. The van der Waals surface area contributed by atoms with Crippen molar-refractivity contribution in [3.8, 4) is 11.5 Å². The van der Waals surface area contributed by atoms with Gasteiger partial charge in [0, 0.05) is 26.2 Å². The van der Waals surface area contributed by atoms with E-state index >= 15 is 0 Å². The van der Waals surface area contributed by atoms with Crippen LogP contribution in [0.25, 0.3) is 0 Å². The number of rotatable bonds is 1. The standard InChI is InChI=1S/C12H16N2O3/c15-11-8-16-12-9(2-1-3-10(12)17-11)14-6-4-13-5-7-14/h1-3,11,13,15H,4-8H2. The highest BCUT2D eigenvalue weighted by Crippen LogP contribution is 2.40. The fourth-order valence-corrected chi connectivity index (χ4v) is 2.23. The van der Waals surface area contributed by atoms with Crippen LogP contribution in [0.15, 0.2) is 18.2 Å². The van der Waals surface area contributed by atoms with Crippen LogP contribution in [0.5, 0.6) is 11.5 Å². The molecule has 1 aromatic rings. The van der Waals surface area contributed by atoms with Crippen molar-refractivity contribution in [2.45, 2.75) is 6.29 Å². The van der Waals surface area contributed by atoms with Gasteiger partial charge in [0.2, 0.25) is 6.29 Å². The van der Waals surface area contributed by atoms with E-state index in [-0.39, 0.29) is 6.61 Å². The summed E-state index contributed by atoms with van der Waals surface area (Å²) in [5, 5.41) is 12.7. The average molecular weight is 236 g/mol. The van der Waals surface area contributed by atoms with Crippen LogP contribution in [-0.2, 0) is 0 Å². The first-order valence-electron chi connectivity index (χ1n) is 5.91. The lowest BCUT2D eigenvalue weighted by atomic mass is 10.2. The number of anilines is 1. The lowest BCUT2D eigenvalue weighted by Gasteiger charge is -2.33. The summed E-state index contributed by atoms with van der Waals surface area (Å²) in [6.07, 6.45) is -0.860. The summed E-state index contributed by atoms with van der Waals surface area (Å²) in [5.41, 5.74) is 1.05. The molecule has 3 rings (SSSR count). The third-order valence-corrected chi connectivity index (χ3v) is 3.05. The summed E-state index contributed by atoms with van der Waals surface area (Å²) in [5.74, 6) is 1.37. The van der Waals surface area contributed by atoms with Gasteiger partial charge in [-0.25, -0.2) is 0 Å². The maximum absolute atomic E-state index is 9.39. The molecule has 5 heteroatoms. The first-order chi connectivity index (χ1) is 8.34. The number of hydrogen-bond donors (Lipinski definition) is 2. The molecule has 2 aliphatic rings. The van der Waals surface area contributed by atoms with Crippen LogP contribution in [0.1, 0.15) is 0 Å². The molecular weight excluding hydrogens is 220 g/mol. The zero-order chi connectivity index (χ0) is 11.7. The molecule has 0 spiro atoms. The molecule has 0 aromatic heterocycles. The summed E-state index contributed by atoms with van der Waals surface area (Å²) in [6, 6.07) is 5.78. The fourth-order valence-electron chi connectivity index (χ4n) is 2.23. The number of benzene rings is 1. The Labute approximate surface area is 99.9 Å². The molecule has 2 aliphatic heterocycles. The Balaban J connectivity index is 1.91. The SMILES string of the molecule is OC1COc2c(cccc2N2CCNCC2)O1. The van der Waals surface area contributed by atoms with Crippen molar-refractivity contribution in [3.63, 3.8) is 0 Å². The van der Waals surface area contributed by atoms with Gasteiger partial charge < -0.3 is 24.8 Å². The molecule has 92 valence electrons. The molecule has 1 unspecified atom stereocenters. The van der Waals surface area contributed by atoms with Gasteiger partial charge in [-0.15, -0.1) is 0 Å². The second-order valence-corrected chi connectivity index (χ2v) is 4.22. The second-order valence-electron chi connectivity index (χ2n) is 4.22. The van der Waals surface area contributed by atoms with E-state index in [9.17, 15) is 5.11 Å². The maximum atomic E-state index is 9.39. The molecule has 2 N–H and O–H groups in total. The number of aliphatic hydroxyl groups excluding tert-OH is 1. The predicted molar refractivity (Wildman–Crippen MR) is 63.7 cm³/mol.